The summed E-state index contributed by atoms with van der Waals surface area (Å²) < 4.78 is 2.55. The van der Waals surface area contributed by atoms with Crippen LogP contribution in [0.4, 0.5) is 0 Å². The van der Waals surface area contributed by atoms with Crippen LogP contribution in [0.5, 0.6) is 0 Å². The molecule has 0 saturated carbocycles. The first-order chi connectivity index (χ1) is 9.60. The summed E-state index contributed by atoms with van der Waals surface area (Å²) >= 11 is 2.22. The number of aromatic amines is 2. The molecule has 0 spiro atoms. The van der Waals surface area contributed by atoms with Crippen LogP contribution in [0.3, 0.4) is 0 Å². The third-order valence-corrected chi connectivity index (χ3v) is 3.79. The van der Waals surface area contributed by atoms with Crippen LogP contribution < -0.4 is 11.2 Å². The van der Waals surface area contributed by atoms with Crippen LogP contribution in [0.2, 0.25) is 0 Å². The molecule has 20 heavy (non-hydrogen) atoms. The molecule has 0 aliphatic rings. The van der Waals surface area contributed by atoms with Crippen molar-refractivity contribution in [3.8, 4) is 11.4 Å². The van der Waals surface area contributed by atoms with E-state index in [2.05, 4.69) is 37.5 Å². The van der Waals surface area contributed by atoms with E-state index in [1.165, 1.54) is 4.57 Å². The van der Waals surface area contributed by atoms with Crippen molar-refractivity contribution in [2.75, 3.05) is 0 Å². The van der Waals surface area contributed by atoms with Gasteiger partial charge in [-0.15, -0.1) is 0 Å². The van der Waals surface area contributed by atoms with Crippen molar-refractivity contribution in [1.82, 2.24) is 19.5 Å². The first-order valence-electron chi connectivity index (χ1n) is 6.09. The molecular weight excluding hydrogens is 371 g/mol. The number of hydrogen-bond donors (Lipinski definition) is 2. The average Bonchev–Trinajstić information content (AvgIpc) is 2.85. The molecule has 0 atom stereocenters. The minimum Gasteiger partial charge on any atom is -0.332 e. The number of aromatic nitrogens is 4. The van der Waals surface area contributed by atoms with Gasteiger partial charge in [-0.1, -0.05) is 12.1 Å². The van der Waals surface area contributed by atoms with E-state index < -0.39 is 11.2 Å². The van der Waals surface area contributed by atoms with Gasteiger partial charge in [-0.25, -0.2) is 9.78 Å². The Bertz CT molecular complexity index is 889. The molecule has 0 radical (unpaired) electrons. The number of hydrogen-bond acceptors (Lipinski definition) is 3. The van der Waals surface area contributed by atoms with Gasteiger partial charge in [0, 0.05) is 15.7 Å². The van der Waals surface area contributed by atoms with Crippen LogP contribution in [0.25, 0.3) is 22.6 Å². The summed E-state index contributed by atoms with van der Waals surface area (Å²) in [5.41, 5.74) is 0.690. The number of H-pyrrole nitrogens is 2. The van der Waals surface area contributed by atoms with Crippen molar-refractivity contribution >= 4 is 33.8 Å². The van der Waals surface area contributed by atoms with E-state index in [0.717, 1.165) is 9.13 Å². The Kier molecular flexibility index (Phi) is 3.20. The van der Waals surface area contributed by atoms with Crippen LogP contribution in [0.1, 0.15) is 6.92 Å². The summed E-state index contributed by atoms with van der Waals surface area (Å²) in [5, 5.41) is 0. The van der Waals surface area contributed by atoms with E-state index in [0.29, 0.717) is 23.5 Å². The van der Waals surface area contributed by atoms with Crippen LogP contribution in [-0.4, -0.2) is 19.5 Å². The Morgan fingerprint density at radius 1 is 1.20 bits per heavy atom. The number of rotatable bonds is 2. The summed E-state index contributed by atoms with van der Waals surface area (Å²) in [6, 6.07) is 7.75. The zero-order valence-corrected chi connectivity index (χ0v) is 12.8. The monoisotopic (exact) mass is 382 g/mol. The lowest BCUT2D eigenvalue weighted by molar-refractivity contribution is 0.720. The smallest absolute Gasteiger partial charge is 0.330 e. The van der Waals surface area contributed by atoms with Gasteiger partial charge in [-0.05, 0) is 41.6 Å². The highest BCUT2D eigenvalue weighted by Crippen LogP contribution is 2.19. The highest BCUT2D eigenvalue weighted by molar-refractivity contribution is 14.1. The summed E-state index contributed by atoms with van der Waals surface area (Å²) in [4.78, 5) is 33.2. The van der Waals surface area contributed by atoms with Gasteiger partial charge < -0.3 is 4.98 Å². The predicted molar refractivity (Wildman–Crippen MR) is 84.8 cm³/mol. The first kappa shape index (κ1) is 13.1. The Hall–Kier alpha value is -1.90. The van der Waals surface area contributed by atoms with Crippen molar-refractivity contribution in [2.45, 2.75) is 13.5 Å². The summed E-state index contributed by atoms with van der Waals surface area (Å²) in [5.74, 6) is 0.578. The summed E-state index contributed by atoms with van der Waals surface area (Å²) in [6.07, 6.45) is 0. The van der Waals surface area contributed by atoms with Gasteiger partial charge in [-0.3, -0.25) is 14.3 Å². The second kappa shape index (κ2) is 4.89. The third kappa shape index (κ3) is 2.07. The Labute approximate surface area is 127 Å². The van der Waals surface area contributed by atoms with E-state index in [1.807, 2.05) is 31.2 Å². The lowest BCUT2D eigenvalue weighted by Gasteiger charge is -1.99. The van der Waals surface area contributed by atoms with Gasteiger partial charge in [0.25, 0.3) is 5.56 Å². The number of fused-ring (bicyclic) bond motifs is 1. The summed E-state index contributed by atoms with van der Waals surface area (Å²) in [7, 11) is 0. The number of imidazole rings is 1. The van der Waals surface area contributed by atoms with Gasteiger partial charge >= 0.3 is 5.69 Å². The quantitative estimate of drug-likeness (QED) is 0.662. The molecule has 0 amide bonds. The van der Waals surface area contributed by atoms with Crippen molar-refractivity contribution in [2.24, 2.45) is 0 Å². The lowest BCUT2D eigenvalue weighted by Crippen LogP contribution is -2.29. The van der Waals surface area contributed by atoms with Crippen molar-refractivity contribution in [3.05, 3.63) is 48.7 Å². The van der Waals surface area contributed by atoms with E-state index in [1.54, 1.807) is 0 Å². The van der Waals surface area contributed by atoms with Gasteiger partial charge in [0.2, 0.25) is 0 Å². The molecule has 6 nitrogen and oxygen atoms in total. The van der Waals surface area contributed by atoms with E-state index in [4.69, 9.17) is 0 Å². The number of benzene rings is 1. The molecule has 0 aliphatic heterocycles. The molecule has 2 aromatic heterocycles. The van der Waals surface area contributed by atoms with Gasteiger partial charge in [0.05, 0.1) is 0 Å². The summed E-state index contributed by atoms with van der Waals surface area (Å²) in [6.45, 7) is 2.28. The third-order valence-electron chi connectivity index (χ3n) is 3.07. The fraction of sp³-hybridized carbons (Fsp3) is 0.154. The molecule has 7 heteroatoms. The van der Waals surface area contributed by atoms with E-state index >= 15 is 0 Å². The predicted octanol–water partition coefficient (Wildman–Crippen LogP) is 1.70. The molecule has 102 valence electrons. The lowest BCUT2D eigenvalue weighted by atomic mass is 10.2. The zero-order chi connectivity index (χ0) is 14.3. The standard InChI is InChI=1S/C13H11IN4O2/c1-2-18-11-9(12(19)17-13(18)20)15-10(16-11)7-3-5-8(14)6-4-7/h3-6H,2H2,1H3,(H,15,16)(H,17,19,20). The molecule has 0 unspecified atom stereocenters. The minimum atomic E-state index is -0.445. The SMILES string of the molecule is CCn1c(=O)[nH]c(=O)c2[nH]c(-c3ccc(I)cc3)nc21. The number of halogens is 1. The second-order valence-electron chi connectivity index (χ2n) is 4.29. The number of nitrogens with zero attached hydrogens (tertiary/aromatic N) is 2. The van der Waals surface area contributed by atoms with Crippen molar-refractivity contribution in [3.63, 3.8) is 0 Å². The van der Waals surface area contributed by atoms with Gasteiger partial charge in [0.1, 0.15) is 11.3 Å². The van der Waals surface area contributed by atoms with E-state index in [-0.39, 0.29) is 0 Å². The Balaban J connectivity index is 2.30. The maximum atomic E-state index is 11.8. The van der Waals surface area contributed by atoms with Crippen LogP contribution in [-0.2, 0) is 6.54 Å². The molecule has 0 aliphatic carbocycles. The second-order valence-corrected chi connectivity index (χ2v) is 5.54. The fourth-order valence-corrected chi connectivity index (χ4v) is 2.44. The highest BCUT2D eigenvalue weighted by atomic mass is 127. The van der Waals surface area contributed by atoms with E-state index in [9.17, 15) is 9.59 Å². The fourth-order valence-electron chi connectivity index (χ4n) is 2.08. The van der Waals surface area contributed by atoms with Crippen LogP contribution in [0, 0.1) is 3.57 Å². The Morgan fingerprint density at radius 2 is 1.90 bits per heavy atom. The van der Waals surface area contributed by atoms with Crippen LogP contribution in [0.15, 0.2) is 33.9 Å². The normalized spacial score (nSPS) is 11.1. The molecule has 0 bridgehead atoms. The molecule has 2 heterocycles. The topological polar surface area (TPSA) is 83.5 Å². The molecule has 2 N–H and O–H groups in total. The molecule has 0 fully saturated rings. The molecule has 3 rings (SSSR count). The Morgan fingerprint density at radius 3 is 2.55 bits per heavy atom. The average molecular weight is 382 g/mol. The minimum absolute atomic E-state index is 0.319. The maximum absolute atomic E-state index is 11.8. The highest BCUT2D eigenvalue weighted by Gasteiger charge is 2.12. The maximum Gasteiger partial charge on any atom is 0.330 e. The number of nitrogens with one attached hydrogen (secondary N) is 2. The zero-order valence-electron chi connectivity index (χ0n) is 10.6. The first-order valence-corrected chi connectivity index (χ1v) is 7.17. The van der Waals surface area contributed by atoms with Crippen molar-refractivity contribution < 1.29 is 0 Å². The molecule has 1 aromatic carbocycles. The molecule has 3 aromatic rings. The van der Waals surface area contributed by atoms with Gasteiger partial charge in [-0.2, -0.15) is 0 Å². The largest absolute Gasteiger partial charge is 0.332 e. The van der Waals surface area contributed by atoms with Crippen molar-refractivity contribution in [1.29, 1.82) is 0 Å². The number of aryl methyl sites for hydroxylation is 1. The van der Waals surface area contributed by atoms with Crippen LogP contribution >= 0.6 is 22.6 Å². The van der Waals surface area contributed by atoms with Gasteiger partial charge in [0.15, 0.2) is 5.65 Å². The molecule has 0 saturated heterocycles. The molecular formula is C13H11IN4O2.